The van der Waals surface area contributed by atoms with Crippen molar-refractivity contribution in [3.05, 3.63) is 53.8 Å². The normalized spacial score (nSPS) is 11.1. The Hall–Kier alpha value is -3.27. The highest BCUT2D eigenvalue weighted by atomic mass is 32.2. The number of hydrogen-bond donors (Lipinski definition) is 1. The quantitative estimate of drug-likeness (QED) is 0.394. The minimum absolute atomic E-state index is 0.214. The number of carbonyl (C=O) groups is 1. The standard InChI is InChI=1S/C18H15FN6O2S/c1-25-18(22-23-24-25)28-8-7-20-16(26)11-5-6-15-14(10-11)21-17(27-15)12-3-2-4-13(19)9-12/h2-6,9-10H,7-8H2,1H3,(H,20,26). The van der Waals surface area contributed by atoms with Gasteiger partial charge in [-0.25, -0.2) is 14.1 Å². The first-order valence-electron chi connectivity index (χ1n) is 8.40. The van der Waals surface area contributed by atoms with Crippen LogP contribution in [0.15, 0.2) is 52.0 Å². The van der Waals surface area contributed by atoms with Crippen LogP contribution in [0.5, 0.6) is 0 Å². The molecule has 2 aromatic heterocycles. The van der Waals surface area contributed by atoms with Crippen LogP contribution in [0.25, 0.3) is 22.6 Å². The highest BCUT2D eigenvalue weighted by Gasteiger charge is 2.12. The van der Waals surface area contributed by atoms with Crippen LogP contribution in [-0.2, 0) is 7.05 Å². The predicted molar refractivity (Wildman–Crippen MR) is 101 cm³/mol. The molecule has 0 saturated carbocycles. The van der Waals surface area contributed by atoms with Crippen LogP contribution in [-0.4, -0.2) is 43.4 Å². The first kappa shape index (κ1) is 18.1. The molecule has 2 heterocycles. The smallest absolute Gasteiger partial charge is 0.251 e. The zero-order valence-electron chi connectivity index (χ0n) is 14.8. The zero-order valence-corrected chi connectivity index (χ0v) is 15.6. The second kappa shape index (κ2) is 7.77. The van der Waals surface area contributed by atoms with Crippen molar-refractivity contribution in [3.63, 3.8) is 0 Å². The maximum atomic E-state index is 13.4. The number of nitrogens with zero attached hydrogens (tertiary/aromatic N) is 5. The largest absolute Gasteiger partial charge is 0.436 e. The van der Waals surface area contributed by atoms with Crippen LogP contribution in [0.2, 0.25) is 0 Å². The molecule has 0 spiro atoms. The van der Waals surface area contributed by atoms with Gasteiger partial charge in [0, 0.05) is 30.5 Å². The van der Waals surface area contributed by atoms with Crippen molar-refractivity contribution >= 4 is 28.8 Å². The van der Waals surface area contributed by atoms with E-state index in [1.54, 1.807) is 42.1 Å². The van der Waals surface area contributed by atoms with E-state index >= 15 is 0 Å². The highest BCUT2D eigenvalue weighted by molar-refractivity contribution is 7.99. The third-order valence-corrected chi connectivity index (χ3v) is 4.93. The topological polar surface area (TPSA) is 98.7 Å². The summed E-state index contributed by atoms with van der Waals surface area (Å²) in [5.74, 6) is 0.361. The number of oxazole rings is 1. The van der Waals surface area contributed by atoms with Gasteiger partial charge in [0.2, 0.25) is 11.0 Å². The number of thioether (sulfide) groups is 1. The van der Waals surface area contributed by atoms with Crippen molar-refractivity contribution in [1.29, 1.82) is 0 Å². The second-order valence-corrected chi connectivity index (χ2v) is 6.96. The van der Waals surface area contributed by atoms with Crippen LogP contribution in [0.4, 0.5) is 4.39 Å². The molecule has 0 bridgehead atoms. The van der Waals surface area contributed by atoms with Crippen molar-refractivity contribution in [3.8, 4) is 11.5 Å². The molecule has 2 aromatic carbocycles. The maximum Gasteiger partial charge on any atom is 0.251 e. The van der Waals surface area contributed by atoms with E-state index in [2.05, 4.69) is 25.8 Å². The Morgan fingerprint density at radius 1 is 1.29 bits per heavy atom. The lowest BCUT2D eigenvalue weighted by Gasteiger charge is -2.04. The summed E-state index contributed by atoms with van der Waals surface area (Å²) < 4.78 is 20.6. The van der Waals surface area contributed by atoms with E-state index in [4.69, 9.17) is 4.42 Å². The van der Waals surface area contributed by atoms with Gasteiger partial charge in [-0.2, -0.15) is 0 Å². The first-order valence-corrected chi connectivity index (χ1v) is 9.38. The fourth-order valence-corrected chi connectivity index (χ4v) is 3.27. The molecule has 10 heteroatoms. The van der Waals surface area contributed by atoms with E-state index in [1.165, 1.54) is 23.9 Å². The van der Waals surface area contributed by atoms with Gasteiger partial charge in [-0.1, -0.05) is 17.8 Å². The summed E-state index contributed by atoms with van der Waals surface area (Å²) in [5.41, 5.74) is 2.07. The number of aromatic nitrogens is 5. The maximum absolute atomic E-state index is 13.4. The number of tetrazole rings is 1. The van der Waals surface area contributed by atoms with E-state index < -0.39 is 0 Å². The van der Waals surface area contributed by atoms with Gasteiger partial charge in [0.25, 0.3) is 5.91 Å². The second-order valence-electron chi connectivity index (χ2n) is 5.90. The van der Waals surface area contributed by atoms with Crippen molar-refractivity contribution in [2.45, 2.75) is 5.16 Å². The van der Waals surface area contributed by atoms with Gasteiger partial charge in [0.15, 0.2) is 5.58 Å². The van der Waals surface area contributed by atoms with E-state index in [0.717, 1.165) is 0 Å². The first-order chi connectivity index (χ1) is 13.6. The summed E-state index contributed by atoms with van der Waals surface area (Å²) in [6.45, 7) is 0.460. The number of aryl methyl sites for hydroxylation is 1. The Morgan fingerprint density at radius 3 is 2.96 bits per heavy atom. The van der Waals surface area contributed by atoms with Crippen LogP contribution < -0.4 is 5.32 Å². The molecule has 0 saturated heterocycles. The Bertz CT molecular complexity index is 1140. The van der Waals surface area contributed by atoms with Crippen molar-refractivity contribution in [2.24, 2.45) is 7.05 Å². The molecular weight excluding hydrogens is 383 g/mol. The molecule has 28 heavy (non-hydrogen) atoms. The lowest BCUT2D eigenvalue weighted by molar-refractivity contribution is 0.0956. The predicted octanol–water partition coefficient (Wildman–Crippen LogP) is 2.68. The molecule has 8 nitrogen and oxygen atoms in total. The van der Waals surface area contributed by atoms with Crippen molar-refractivity contribution < 1.29 is 13.6 Å². The van der Waals surface area contributed by atoms with Gasteiger partial charge < -0.3 is 9.73 Å². The summed E-state index contributed by atoms with van der Waals surface area (Å²) in [6.07, 6.45) is 0. The molecule has 0 aliphatic rings. The molecule has 0 unspecified atom stereocenters. The molecule has 0 fully saturated rings. The average molecular weight is 398 g/mol. The van der Waals surface area contributed by atoms with Gasteiger partial charge in [0.1, 0.15) is 11.3 Å². The van der Waals surface area contributed by atoms with E-state index in [1.807, 2.05) is 0 Å². The number of halogens is 1. The van der Waals surface area contributed by atoms with Gasteiger partial charge in [-0.3, -0.25) is 4.79 Å². The summed E-state index contributed by atoms with van der Waals surface area (Å²) in [7, 11) is 1.76. The average Bonchev–Trinajstić information content (AvgIpc) is 3.30. The summed E-state index contributed by atoms with van der Waals surface area (Å²) in [4.78, 5) is 16.7. The molecule has 0 aliphatic carbocycles. The van der Waals surface area contributed by atoms with E-state index in [0.29, 0.717) is 45.6 Å². The SMILES string of the molecule is Cn1nnnc1SCCNC(=O)c1ccc2oc(-c3cccc(F)c3)nc2c1. The lowest BCUT2D eigenvalue weighted by atomic mass is 10.2. The Labute approximate surface area is 163 Å². The summed E-state index contributed by atoms with van der Waals surface area (Å²) >= 11 is 1.45. The molecule has 4 rings (SSSR count). The minimum Gasteiger partial charge on any atom is -0.436 e. The van der Waals surface area contributed by atoms with Gasteiger partial charge in [-0.15, -0.1) is 5.10 Å². The minimum atomic E-state index is -0.366. The Kier molecular flexibility index (Phi) is 5.02. The van der Waals surface area contributed by atoms with E-state index in [-0.39, 0.29) is 11.7 Å². The third kappa shape index (κ3) is 3.86. The highest BCUT2D eigenvalue weighted by Crippen LogP contribution is 2.25. The molecule has 4 aromatic rings. The number of fused-ring (bicyclic) bond motifs is 1. The molecular formula is C18H15FN6O2S. The summed E-state index contributed by atoms with van der Waals surface area (Å²) in [5, 5.41) is 14.7. The number of carbonyl (C=O) groups excluding carboxylic acids is 1. The van der Waals surface area contributed by atoms with Gasteiger partial charge in [0.05, 0.1) is 0 Å². The number of amides is 1. The Morgan fingerprint density at radius 2 is 2.18 bits per heavy atom. The molecule has 1 amide bonds. The fourth-order valence-electron chi connectivity index (χ4n) is 2.57. The number of hydrogen-bond acceptors (Lipinski definition) is 7. The van der Waals surface area contributed by atoms with Crippen molar-refractivity contribution in [2.75, 3.05) is 12.3 Å². The number of benzene rings is 2. The number of nitrogens with one attached hydrogen (secondary N) is 1. The fraction of sp³-hybridized carbons (Fsp3) is 0.167. The van der Waals surface area contributed by atoms with Crippen LogP contribution in [0.3, 0.4) is 0 Å². The van der Waals surface area contributed by atoms with Crippen molar-refractivity contribution in [1.82, 2.24) is 30.5 Å². The molecule has 0 radical (unpaired) electrons. The van der Waals surface area contributed by atoms with Gasteiger partial charge >= 0.3 is 0 Å². The monoisotopic (exact) mass is 398 g/mol. The van der Waals surface area contributed by atoms with E-state index in [9.17, 15) is 9.18 Å². The third-order valence-electron chi connectivity index (χ3n) is 3.92. The molecule has 0 atom stereocenters. The van der Waals surface area contributed by atoms with Crippen LogP contribution in [0.1, 0.15) is 10.4 Å². The molecule has 0 aliphatic heterocycles. The summed E-state index contributed by atoms with van der Waals surface area (Å²) in [6, 6.07) is 11.0. The zero-order chi connectivity index (χ0) is 19.5. The van der Waals surface area contributed by atoms with Gasteiger partial charge in [-0.05, 0) is 46.8 Å². The van der Waals surface area contributed by atoms with Crippen LogP contribution >= 0.6 is 11.8 Å². The lowest BCUT2D eigenvalue weighted by Crippen LogP contribution is -2.25. The molecule has 142 valence electrons. The molecule has 1 N–H and O–H groups in total. The Balaban J connectivity index is 1.42. The number of rotatable bonds is 6. The van der Waals surface area contributed by atoms with Crippen LogP contribution in [0, 0.1) is 5.82 Å².